The minimum Gasteiger partial charge on any atom is -0.480 e. The Morgan fingerprint density at radius 1 is 1.29 bits per heavy atom. The number of carbonyl (C=O) groups is 3. The van der Waals surface area contributed by atoms with Crippen molar-refractivity contribution in [1.82, 2.24) is 5.32 Å². The van der Waals surface area contributed by atoms with E-state index in [4.69, 9.17) is 5.11 Å². The van der Waals surface area contributed by atoms with Crippen molar-refractivity contribution in [1.29, 1.82) is 0 Å². The van der Waals surface area contributed by atoms with Crippen molar-refractivity contribution in [3.05, 3.63) is 0 Å². The van der Waals surface area contributed by atoms with E-state index in [9.17, 15) is 14.4 Å². The van der Waals surface area contributed by atoms with Gasteiger partial charge in [-0.15, -0.1) is 0 Å². The van der Waals surface area contributed by atoms with Crippen molar-refractivity contribution in [2.45, 2.75) is 12.5 Å². The van der Waals surface area contributed by atoms with Crippen LogP contribution in [0.4, 0.5) is 0 Å². The molecule has 0 aromatic carbocycles. The molecule has 0 aromatic heterocycles. The van der Waals surface area contributed by atoms with Gasteiger partial charge < -0.3 is 15.2 Å². The van der Waals surface area contributed by atoms with Gasteiger partial charge in [-0.1, -0.05) is 0 Å². The first kappa shape index (κ1) is 16.1. The van der Waals surface area contributed by atoms with E-state index in [2.05, 4.69) is 35.3 Å². The lowest BCUT2D eigenvalue weighted by atomic mass is 10.1. The Balaban J connectivity index is 4.43. The highest BCUT2D eigenvalue weighted by atomic mass is 32.1. The van der Waals surface area contributed by atoms with Gasteiger partial charge in [0, 0.05) is 11.5 Å². The van der Waals surface area contributed by atoms with Crippen molar-refractivity contribution < 1.29 is 24.2 Å². The number of ether oxygens (including phenoxy) is 1. The molecule has 0 bridgehead atoms. The molecule has 2 atom stereocenters. The Bertz CT molecular complexity index is 297. The number of carboxylic acids is 1. The van der Waals surface area contributed by atoms with Crippen molar-refractivity contribution in [3.8, 4) is 0 Å². The number of methoxy groups -OCH3 is 1. The third-order valence-electron chi connectivity index (χ3n) is 2.03. The highest BCUT2D eigenvalue weighted by Gasteiger charge is 2.25. The molecular weight excluding hydrogens is 266 g/mol. The van der Waals surface area contributed by atoms with Crippen molar-refractivity contribution in [2.75, 3.05) is 18.6 Å². The van der Waals surface area contributed by atoms with Gasteiger partial charge in [0.05, 0.1) is 19.4 Å². The minimum absolute atomic E-state index is 0.0292. The Hall–Kier alpha value is -0.890. The molecule has 0 aliphatic rings. The zero-order chi connectivity index (χ0) is 13.4. The lowest BCUT2D eigenvalue weighted by Gasteiger charge is -2.17. The molecule has 2 unspecified atom stereocenters. The summed E-state index contributed by atoms with van der Waals surface area (Å²) in [4.78, 5) is 33.3. The predicted molar refractivity (Wildman–Crippen MR) is 67.4 cm³/mol. The SMILES string of the molecule is COC(=O)CC(CS)C(=O)NC(CS)C(=O)O. The number of hydrogen-bond donors (Lipinski definition) is 4. The number of aliphatic carboxylic acids is 1. The van der Waals surface area contributed by atoms with Crippen molar-refractivity contribution in [3.63, 3.8) is 0 Å². The molecule has 0 saturated carbocycles. The van der Waals surface area contributed by atoms with Crippen molar-refractivity contribution in [2.24, 2.45) is 5.92 Å². The average Bonchev–Trinajstić information content (AvgIpc) is 2.31. The molecule has 8 heteroatoms. The second-order valence-electron chi connectivity index (χ2n) is 3.24. The highest BCUT2D eigenvalue weighted by Crippen LogP contribution is 2.07. The van der Waals surface area contributed by atoms with Gasteiger partial charge in [-0.2, -0.15) is 25.3 Å². The summed E-state index contributed by atoms with van der Waals surface area (Å²) in [6, 6.07) is -1.08. The number of nitrogens with one attached hydrogen (secondary N) is 1. The van der Waals surface area contributed by atoms with Gasteiger partial charge in [0.2, 0.25) is 5.91 Å². The van der Waals surface area contributed by atoms with Gasteiger partial charge in [0.25, 0.3) is 0 Å². The van der Waals surface area contributed by atoms with Crippen LogP contribution in [0.15, 0.2) is 0 Å². The summed E-state index contributed by atoms with van der Waals surface area (Å²) in [5.74, 6) is -2.89. The van der Waals surface area contributed by atoms with Crippen molar-refractivity contribution >= 4 is 43.1 Å². The van der Waals surface area contributed by atoms with E-state index in [1.165, 1.54) is 7.11 Å². The number of carbonyl (C=O) groups excluding carboxylic acids is 2. The van der Waals surface area contributed by atoms with Crippen LogP contribution >= 0.6 is 25.3 Å². The summed E-state index contributed by atoms with van der Waals surface area (Å²) in [5, 5.41) is 11.0. The van der Waals surface area contributed by atoms with Gasteiger partial charge in [0.15, 0.2) is 0 Å². The molecule has 0 aromatic rings. The van der Waals surface area contributed by atoms with Crippen LogP contribution < -0.4 is 5.32 Å². The first-order chi connectivity index (χ1) is 7.96. The number of rotatable bonds is 7. The second-order valence-corrected chi connectivity index (χ2v) is 3.97. The first-order valence-electron chi connectivity index (χ1n) is 4.78. The number of hydrogen-bond acceptors (Lipinski definition) is 6. The summed E-state index contributed by atoms with van der Waals surface area (Å²) >= 11 is 7.75. The van der Waals surface area contributed by atoms with Gasteiger partial charge >= 0.3 is 11.9 Å². The topological polar surface area (TPSA) is 92.7 Å². The smallest absolute Gasteiger partial charge is 0.327 e. The van der Waals surface area contributed by atoms with Crippen LogP contribution in [-0.4, -0.2) is 47.6 Å². The summed E-state index contributed by atoms with van der Waals surface area (Å²) < 4.78 is 4.43. The zero-order valence-corrected chi connectivity index (χ0v) is 11.0. The Morgan fingerprint density at radius 3 is 2.24 bits per heavy atom. The van der Waals surface area contributed by atoms with Gasteiger partial charge in [0.1, 0.15) is 6.04 Å². The highest BCUT2D eigenvalue weighted by molar-refractivity contribution is 7.80. The van der Waals surface area contributed by atoms with Crippen LogP contribution in [0.5, 0.6) is 0 Å². The molecule has 1 amide bonds. The zero-order valence-electron chi connectivity index (χ0n) is 9.25. The number of amides is 1. The number of thiol groups is 2. The molecule has 0 spiro atoms. The fourth-order valence-electron chi connectivity index (χ4n) is 1.000. The fraction of sp³-hybridized carbons (Fsp3) is 0.667. The number of esters is 1. The van der Waals surface area contributed by atoms with E-state index in [0.29, 0.717) is 0 Å². The normalized spacial score (nSPS) is 13.6. The molecule has 2 N–H and O–H groups in total. The van der Waals surface area contributed by atoms with E-state index >= 15 is 0 Å². The van der Waals surface area contributed by atoms with E-state index in [0.717, 1.165) is 0 Å². The Labute approximate surface area is 110 Å². The van der Waals surface area contributed by atoms with E-state index in [1.807, 2.05) is 0 Å². The van der Waals surface area contributed by atoms with E-state index < -0.39 is 29.8 Å². The summed E-state index contributed by atoms with van der Waals surface area (Å²) in [5.41, 5.74) is 0. The maximum absolute atomic E-state index is 11.6. The fourth-order valence-corrected chi connectivity index (χ4v) is 1.54. The molecule has 0 rings (SSSR count). The molecule has 6 nitrogen and oxygen atoms in total. The molecule has 17 heavy (non-hydrogen) atoms. The summed E-state index contributed by atoms with van der Waals surface area (Å²) in [6.45, 7) is 0. The van der Waals surface area contributed by atoms with Crippen LogP contribution in [0.2, 0.25) is 0 Å². The monoisotopic (exact) mass is 281 g/mol. The van der Waals surface area contributed by atoms with Crippen LogP contribution in [-0.2, 0) is 19.1 Å². The molecule has 0 aliphatic carbocycles. The van der Waals surface area contributed by atoms with Crippen LogP contribution in [0, 0.1) is 5.92 Å². The third kappa shape index (κ3) is 5.83. The molecule has 0 heterocycles. The molecular formula is C9H15NO5S2. The molecule has 0 aliphatic heterocycles. The molecule has 0 radical (unpaired) electrons. The predicted octanol–water partition coefficient (Wildman–Crippen LogP) is -0.405. The quantitative estimate of drug-likeness (QED) is 0.376. The van der Waals surface area contributed by atoms with E-state index in [-0.39, 0.29) is 17.9 Å². The third-order valence-corrected chi connectivity index (χ3v) is 2.83. The Kier molecular flexibility index (Phi) is 7.81. The first-order valence-corrected chi connectivity index (χ1v) is 6.04. The van der Waals surface area contributed by atoms with Crippen LogP contribution in [0.1, 0.15) is 6.42 Å². The van der Waals surface area contributed by atoms with Gasteiger partial charge in [-0.05, 0) is 0 Å². The number of carboxylic acid groups (broad SMARTS) is 1. The maximum Gasteiger partial charge on any atom is 0.327 e. The molecule has 98 valence electrons. The lowest BCUT2D eigenvalue weighted by molar-refractivity contribution is -0.144. The molecule has 0 fully saturated rings. The van der Waals surface area contributed by atoms with Gasteiger partial charge in [-0.3, -0.25) is 9.59 Å². The summed E-state index contributed by atoms with van der Waals surface area (Å²) in [6.07, 6.45) is -0.134. The van der Waals surface area contributed by atoms with Crippen LogP contribution in [0.3, 0.4) is 0 Å². The lowest BCUT2D eigenvalue weighted by Crippen LogP contribution is -2.45. The maximum atomic E-state index is 11.6. The summed E-state index contributed by atoms with van der Waals surface area (Å²) in [7, 11) is 1.21. The van der Waals surface area contributed by atoms with Crippen LogP contribution in [0.25, 0.3) is 0 Å². The largest absolute Gasteiger partial charge is 0.480 e. The van der Waals surface area contributed by atoms with Gasteiger partial charge in [-0.25, -0.2) is 4.79 Å². The second kappa shape index (κ2) is 8.24. The van der Waals surface area contributed by atoms with E-state index in [1.54, 1.807) is 0 Å². The standard InChI is InChI=1S/C9H15NO5S2/c1-15-7(11)2-5(3-16)8(12)10-6(4-17)9(13)14/h5-6,16-17H,2-4H2,1H3,(H,10,12)(H,13,14). The average molecular weight is 281 g/mol. The molecule has 0 saturated heterocycles. The minimum atomic E-state index is -1.18. The Morgan fingerprint density at radius 2 is 1.88 bits per heavy atom.